The number of carboxylic acids is 4. The summed E-state index contributed by atoms with van der Waals surface area (Å²) in [6.07, 6.45) is 0.809. The van der Waals surface area contributed by atoms with Crippen LogP contribution in [0.4, 0.5) is 0 Å². The van der Waals surface area contributed by atoms with Crippen molar-refractivity contribution in [3.8, 4) is 5.75 Å². The third kappa shape index (κ3) is 27.6. The van der Waals surface area contributed by atoms with Crippen molar-refractivity contribution in [3.63, 3.8) is 0 Å². The molecule has 0 saturated carbocycles. The maximum atomic E-state index is 11.2. The van der Waals surface area contributed by atoms with E-state index in [1.807, 2.05) is 6.92 Å². The van der Waals surface area contributed by atoms with Gasteiger partial charge in [-0.1, -0.05) is 6.92 Å². The first kappa shape index (κ1) is 47.1. The molecule has 5 N–H and O–H groups in total. The van der Waals surface area contributed by atoms with E-state index in [9.17, 15) is 24.0 Å². The number of hydrogen-bond donors (Lipinski definition) is 5. The Morgan fingerprint density at radius 1 is 0.676 bits per heavy atom. The fourth-order valence-electron chi connectivity index (χ4n) is 2.35. The summed E-state index contributed by atoms with van der Waals surface area (Å²) in [5.41, 5.74) is 0.464. The van der Waals surface area contributed by atoms with Crippen LogP contribution in [-0.4, -0.2) is 229 Å². The molecule has 13 nitrogen and oxygen atoms in total. The molecule has 1 aromatic rings. The molecule has 0 unspecified atom stereocenters. The van der Waals surface area contributed by atoms with E-state index in [0.717, 1.165) is 16.2 Å². The normalized spacial score (nSPS) is 9.16. The molecule has 1 rings (SSSR count). The van der Waals surface area contributed by atoms with Crippen LogP contribution in [-0.2, 0) is 23.9 Å². The summed E-state index contributed by atoms with van der Waals surface area (Å²) in [4.78, 5) is 55.6. The number of carbonyl (C=O) groups excluding carboxylic acids is 1. The van der Waals surface area contributed by atoms with Crippen molar-refractivity contribution < 1.29 is 54.2 Å². The summed E-state index contributed by atoms with van der Waals surface area (Å²) in [7, 11) is 0. The Morgan fingerprint density at radius 3 is 1.27 bits per heavy atom. The molecule has 192 valence electrons. The van der Waals surface area contributed by atoms with E-state index >= 15 is 0 Å². The SMILES string of the molecule is CCCOC(=O)c1ccc(O)cc1.O=C(O)CN(CCN(CC(=O)O)CC(=O)O)CC(=O)O.[NaH].[NaH].[NaH].[NaH]. The molecular weight excluding hydrogens is 536 g/mol. The van der Waals surface area contributed by atoms with Gasteiger partial charge in [-0.05, 0) is 30.7 Å². The average molecular weight is 568 g/mol. The molecule has 0 bridgehead atoms. The van der Waals surface area contributed by atoms with E-state index in [0.29, 0.717) is 12.2 Å². The van der Waals surface area contributed by atoms with Gasteiger partial charge in [-0.15, -0.1) is 0 Å². The summed E-state index contributed by atoms with van der Waals surface area (Å²) < 4.78 is 4.90. The van der Waals surface area contributed by atoms with E-state index in [1.165, 1.54) is 24.3 Å². The molecule has 0 spiro atoms. The molecule has 0 aliphatic rings. The Kier molecular flexibility index (Phi) is 35.4. The third-order valence-corrected chi connectivity index (χ3v) is 3.71. The molecule has 37 heavy (non-hydrogen) atoms. The van der Waals surface area contributed by atoms with Crippen LogP contribution in [0.3, 0.4) is 0 Å². The van der Waals surface area contributed by atoms with Gasteiger partial charge in [-0.2, -0.15) is 0 Å². The quantitative estimate of drug-likeness (QED) is 0.115. The Balaban J connectivity index is -0.000000177. The van der Waals surface area contributed by atoms with E-state index in [4.69, 9.17) is 30.3 Å². The van der Waals surface area contributed by atoms with Crippen LogP contribution in [0.1, 0.15) is 23.7 Å². The van der Waals surface area contributed by atoms with Gasteiger partial charge in [0, 0.05) is 13.1 Å². The van der Waals surface area contributed by atoms with E-state index in [2.05, 4.69) is 0 Å². The number of nitrogens with zero attached hydrogens (tertiary/aromatic N) is 2. The third-order valence-electron chi connectivity index (χ3n) is 3.71. The Hall–Kier alpha value is 0.290. The average Bonchev–Trinajstić information content (AvgIpc) is 2.69. The van der Waals surface area contributed by atoms with Crippen LogP contribution in [0, 0.1) is 0 Å². The number of aromatic hydroxyl groups is 1. The molecular formula is C20H32N2Na4O11. The van der Waals surface area contributed by atoms with Gasteiger partial charge in [0.1, 0.15) is 5.75 Å². The molecule has 0 fully saturated rings. The van der Waals surface area contributed by atoms with E-state index in [-0.39, 0.29) is 143 Å². The second-order valence-corrected chi connectivity index (χ2v) is 6.68. The number of phenolic OH excluding ortho intramolecular Hbond substituents is 1. The van der Waals surface area contributed by atoms with Gasteiger partial charge in [0.2, 0.25) is 0 Å². The first-order valence-electron chi connectivity index (χ1n) is 9.72. The van der Waals surface area contributed by atoms with Crippen LogP contribution < -0.4 is 0 Å². The summed E-state index contributed by atoms with van der Waals surface area (Å²) in [6, 6.07) is 5.99. The molecule has 0 radical (unpaired) electrons. The Labute approximate surface area is 303 Å². The minimum absolute atomic E-state index is 0. The molecule has 0 heterocycles. The van der Waals surface area contributed by atoms with Crippen molar-refractivity contribution >= 4 is 148 Å². The first-order chi connectivity index (χ1) is 15.4. The van der Waals surface area contributed by atoms with Crippen molar-refractivity contribution in [2.75, 3.05) is 45.9 Å². The summed E-state index contributed by atoms with van der Waals surface area (Å²) in [6.45, 7) is 0.114. The van der Waals surface area contributed by atoms with Gasteiger partial charge >= 0.3 is 148 Å². The zero-order valence-corrected chi connectivity index (χ0v) is 18.0. The van der Waals surface area contributed by atoms with Crippen molar-refractivity contribution in [2.24, 2.45) is 0 Å². The van der Waals surface area contributed by atoms with Crippen LogP contribution in [0.2, 0.25) is 0 Å². The number of ether oxygens (including phenoxy) is 1. The molecule has 0 saturated heterocycles. The molecule has 1 aromatic carbocycles. The van der Waals surface area contributed by atoms with Crippen molar-refractivity contribution in [1.82, 2.24) is 9.80 Å². The molecule has 0 amide bonds. The monoisotopic (exact) mass is 568 g/mol. The summed E-state index contributed by atoms with van der Waals surface area (Å²) in [5, 5.41) is 43.4. The van der Waals surface area contributed by atoms with Crippen molar-refractivity contribution in [3.05, 3.63) is 29.8 Å². The van der Waals surface area contributed by atoms with Crippen molar-refractivity contribution in [1.29, 1.82) is 0 Å². The molecule has 0 aliphatic heterocycles. The Bertz CT molecular complexity index is 746. The molecule has 0 aromatic heterocycles. The minimum atomic E-state index is -1.23. The van der Waals surface area contributed by atoms with Crippen LogP contribution >= 0.6 is 0 Å². The molecule has 0 atom stereocenters. The predicted molar refractivity (Wildman–Crippen MR) is 141 cm³/mol. The van der Waals surface area contributed by atoms with Gasteiger partial charge in [-0.3, -0.25) is 29.0 Å². The first-order valence-corrected chi connectivity index (χ1v) is 9.72. The fraction of sp³-hybridized carbons (Fsp3) is 0.450. The number of phenols is 1. The number of carbonyl (C=O) groups is 5. The number of rotatable bonds is 14. The standard InChI is InChI=1S/C10H16N2O8.C10H12O3.4Na.4H/c13-7(14)3-11(4-8(15)16)1-2-12(5-9(17)18)6-10(19)20;1-2-7-13-10(12)8-3-5-9(11)6-4-8;;;;;;;;/h1-6H2,(H,13,14)(H,15,16)(H,17,18)(H,19,20);3-6,11H,2,7H2,1H3;;;;;;;;. The maximum absolute atomic E-state index is 11.2. The number of hydrogen-bond acceptors (Lipinski definition) is 9. The van der Waals surface area contributed by atoms with Gasteiger partial charge in [-0.25, -0.2) is 4.79 Å². The van der Waals surface area contributed by atoms with Gasteiger partial charge in [0.25, 0.3) is 0 Å². The number of esters is 1. The summed E-state index contributed by atoms with van der Waals surface area (Å²) in [5.74, 6) is -5.11. The number of benzene rings is 1. The second-order valence-electron chi connectivity index (χ2n) is 6.68. The van der Waals surface area contributed by atoms with Crippen LogP contribution in [0.5, 0.6) is 5.75 Å². The number of carboxylic acid groups (broad SMARTS) is 4. The van der Waals surface area contributed by atoms with Crippen LogP contribution in [0.15, 0.2) is 24.3 Å². The Morgan fingerprint density at radius 2 is 1.00 bits per heavy atom. The number of aliphatic carboxylic acids is 4. The van der Waals surface area contributed by atoms with Gasteiger partial charge in [0.15, 0.2) is 0 Å². The fourth-order valence-corrected chi connectivity index (χ4v) is 2.35. The zero-order valence-electron chi connectivity index (χ0n) is 18.0. The molecule has 17 heteroatoms. The molecule has 0 aliphatic carbocycles. The van der Waals surface area contributed by atoms with E-state index < -0.39 is 50.1 Å². The zero-order chi connectivity index (χ0) is 25.4. The van der Waals surface area contributed by atoms with Gasteiger partial charge < -0.3 is 30.3 Å². The predicted octanol–water partition coefficient (Wildman–Crippen LogP) is -2.71. The topological polar surface area (TPSA) is 202 Å². The van der Waals surface area contributed by atoms with E-state index in [1.54, 1.807) is 0 Å². The van der Waals surface area contributed by atoms with Gasteiger partial charge in [0.05, 0.1) is 38.3 Å². The van der Waals surface area contributed by atoms with Crippen LogP contribution in [0.25, 0.3) is 0 Å². The summed E-state index contributed by atoms with van der Waals surface area (Å²) >= 11 is 0. The van der Waals surface area contributed by atoms with Crippen molar-refractivity contribution in [2.45, 2.75) is 13.3 Å². The second kappa shape index (κ2) is 27.8.